The number of hydrogen-bond donors (Lipinski definition) is 1. The highest BCUT2D eigenvalue weighted by Gasteiger charge is 2.43. The molecule has 0 spiro atoms. The molecule has 1 aliphatic heterocycles. The third kappa shape index (κ3) is 3.33. The molecule has 2 rings (SSSR count). The van der Waals surface area contributed by atoms with E-state index in [2.05, 4.69) is 5.32 Å². The quantitative estimate of drug-likeness (QED) is 0.884. The second-order valence-corrected chi connectivity index (χ2v) is 7.88. The summed E-state index contributed by atoms with van der Waals surface area (Å²) in [4.78, 5) is 11.7. The minimum Gasteiger partial charge on any atom is -0.376 e. The number of halogens is 2. The maximum Gasteiger partial charge on any atom is 0.273 e. The molecular weight excluding hydrogens is 312 g/mol. The minimum absolute atomic E-state index is 0.0555. The van der Waals surface area contributed by atoms with Gasteiger partial charge < -0.3 is 10.1 Å². The molecule has 0 unspecified atom stereocenters. The van der Waals surface area contributed by atoms with Crippen molar-refractivity contribution in [3.63, 3.8) is 0 Å². The number of rotatable bonds is 5. The lowest BCUT2D eigenvalue weighted by atomic mass is 9.99. The first-order valence-electron chi connectivity index (χ1n) is 5.66. The van der Waals surface area contributed by atoms with Gasteiger partial charge in [-0.2, -0.15) is 0 Å². The summed E-state index contributed by atoms with van der Waals surface area (Å²) in [6.45, 7) is 0.111. The first kappa shape index (κ1) is 15.3. The number of amides is 1. The lowest BCUT2D eigenvalue weighted by Crippen LogP contribution is -2.65. The van der Waals surface area contributed by atoms with Crippen LogP contribution in [0.1, 0.15) is 21.7 Å². The average Bonchev–Trinajstić information content (AvgIpc) is 2.72. The summed E-state index contributed by atoms with van der Waals surface area (Å²) in [7, 11) is -3.32. The van der Waals surface area contributed by atoms with Gasteiger partial charge >= 0.3 is 0 Å². The zero-order valence-electron chi connectivity index (χ0n) is 10.6. The summed E-state index contributed by atoms with van der Waals surface area (Å²) in [6.07, 6.45) is -1.69. The van der Waals surface area contributed by atoms with Crippen molar-refractivity contribution in [1.82, 2.24) is 5.32 Å². The third-order valence-corrected chi connectivity index (χ3v) is 4.81. The molecule has 2 heterocycles. The molecule has 5 nitrogen and oxygen atoms in total. The molecule has 0 atom stereocenters. The van der Waals surface area contributed by atoms with Gasteiger partial charge in [-0.15, -0.1) is 11.3 Å². The Morgan fingerprint density at radius 3 is 2.65 bits per heavy atom. The number of nitrogens with one attached hydrogen (secondary N) is 1. The van der Waals surface area contributed by atoms with Gasteiger partial charge in [-0.25, -0.2) is 17.2 Å². The number of carbonyl (C=O) groups is 1. The lowest BCUT2D eigenvalue weighted by Gasteiger charge is -2.41. The van der Waals surface area contributed by atoms with E-state index >= 15 is 0 Å². The summed E-state index contributed by atoms with van der Waals surface area (Å²) in [6, 6.07) is 1.30. The topological polar surface area (TPSA) is 72.5 Å². The maximum absolute atomic E-state index is 12.7. The third-order valence-electron chi connectivity index (χ3n) is 2.81. The van der Waals surface area contributed by atoms with Gasteiger partial charge in [0.2, 0.25) is 0 Å². The van der Waals surface area contributed by atoms with Crippen LogP contribution in [0.4, 0.5) is 8.78 Å². The summed E-state index contributed by atoms with van der Waals surface area (Å²) >= 11 is 0.790. The fourth-order valence-electron chi connectivity index (χ4n) is 2.03. The molecule has 0 bridgehead atoms. The van der Waals surface area contributed by atoms with Crippen molar-refractivity contribution >= 4 is 27.1 Å². The Morgan fingerprint density at radius 2 is 2.20 bits per heavy atom. The number of alkyl halides is 2. The molecule has 20 heavy (non-hydrogen) atoms. The Morgan fingerprint density at radius 1 is 1.55 bits per heavy atom. The molecular formula is C11H13F2NO4S2. The molecule has 1 aromatic rings. The molecule has 1 aliphatic rings. The van der Waals surface area contributed by atoms with Gasteiger partial charge in [0.05, 0.1) is 29.4 Å². The predicted molar refractivity (Wildman–Crippen MR) is 70.0 cm³/mol. The van der Waals surface area contributed by atoms with Gasteiger partial charge in [-0.3, -0.25) is 4.79 Å². The Labute approximate surface area is 118 Å². The minimum atomic E-state index is -3.32. The van der Waals surface area contributed by atoms with Crippen molar-refractivity contribution in [1.29, 1.82) is 0 Å². The molecule has 1 aromatic heterocycles. The normalized spacial score (nSPS) is 17.8. The lowest BCUT2D eigenvalue weighted by molar-refractivity contribution is -0.0574. The largest absolute Gasteiger partial charge is 0.376 e. The van der Waals surface area contributed by atoms with E-state index in [0.717, 1.165) is 17.6 Å². The van der Waals surface area contributed by atoms with Crippen molar-refractivity contribution in [2.24, 2.45) is 0 Å². The van der Waals surface area contributed by atoms with Crippen LogP contribution in [0, 0.1) is 0 Å². The van der Waals surface area contributed by atoms with Crippen LogP contribution in [0.3, 0.4) is 0 Å². The van der Waals surface area contributed by atoms with Crippen LogP contribution in [-0.2, 0) is 14.6 Å². The number of carbonyl (C=O) groups excluding carboxylic acids is 1. The highest BCUT2D eigenvalue weighted by atomic mass is 32.2. The molecule has 0 saturated carbocycles. The molecule has 1 fully saturated rings. The summed E-state index contributed by atoms with van der Waals surface area (Å²) in [5.41, 5.74) is -1.14. The molecule has 1 amide bonds. The van der Waals surface area contributed by atoms with Crippen molar-refractivity contribution < 1.29 is 26.7 Å². The van der Waals surface area contributed by atoms with Crippen LogP contribution in [0.15, 0.2) is 11.4 Å². The van der Waals surface area contributed by atoms with E-state index in [4.69, 9.17) is 4.74 Å². The highest BCUT2D eigenvalue weighted by Crippen LogP contribution is 2.29. The molecule has 0 aliphatic carbocycles. The van der Waals surface area contributed by atoms with Gasteiger partial charge in [0.15, 0.2) is 0 Å². The molecule has 0 aromatic carbocycles. The highest BCUT2D eigenvalue weighted by molar-refractivity contribution is 7.90. The zero-order chi connectivity index (χ0) is 15.0. The molecule has 0 radical (unpaired) electrons. The van der Waals surface area contributed by atoms with Crippen molar-refractivity contribution in [2.75, 3.05) is 25.2 Å². The Balaban J connectivity index is 2.16. The average molecular weight is 325 g/mol. The maximum atomic E-state index is 12.7. The van der Waals surface area contributed by atoms with Crippen molar-refractivity contribution in [3.8, 4) is 0 Å². The summed E-state index contributed by atoms with van der Waals surface area (Å²) < 4.78 is 53.1. The van der Waals surface area contributed by atoms with Crippen molar-refractivity contribution in [3.05, 3.63) is 21.9 Å². The number of hydrogen-bond acceptors (Lipinski definition) is 5. The number of sulfone groups is 1. The number of ether oxygens (including phenoxy) is 1. The molecule has 1 saturated heterocycles. The standard InChI is InChI=1S/C11H13F2NO4S2/c1-20(16,17)6-11(4-18-5-11)14-10(15)7-2-3-19-8(7)9(12)13/h2-3,9H,4-6H2,1H3,(H,14,15). The SMILES string of the molecule is CS(=O)(=O)CC1(NC(=O)c2ccsc2C(F)F)COC1. The second kappa shape index (κ2) is 5.38. The first-order valence-corrected chi connectivity index (χ1v) is 8.60. The van der Waals surface area contributed by atoms with E-state index in [0.29, 0.717) is 0 Å². The van der Waals surface area contributed by atoms with E-state index in [9.17, 15) is 22.0 Å². The second-order valence-electron chi connectivity index (χ2n) is 4.80. The molecule has 9 heteroatoms. The van der Waals surface area contributed by atoms with Crippen LogP contribution in [0.2, 0.25) is 0 Å². The van der Waals surface area contributed by atoms with Crippen LogP contribution < -0.4 is 5.32 Å². The Hall–Kier alpha value is -1.06. The summed E-state index contributed by atoms with van der Waals surface area (Å²) in [5.74, 6) is -0.978. The summed E-state index contributed by atoms with van der Waals surface area (Å²) in [5, 5.41) is 3.91. The van der Waals surface area contributed by atoms with Gasteiger partial charge in [-0.05, 0) is 11.4 Å². The fourth-order valence-corrected chi connectivity index (χ4v) is 4.01. The van der Waals surface area contributed by atoms with Crippen molar-refractivity contribution in [2.45, 2.75) is 12.0 Å². The van der Waals surface area contributed by atoms with Crippen LogP contribution in [0.5, 0.6) is 0 Å². The fraction of sp³-hybridized carbons (Fsp3) is 0.545. The van der Waals surface area contributed by atoms with Gasteiger partial charge in [-0.1, -0.05) is 0 Å². The molecule has 1 N–H and O–H groups in total. The van der Waals surface area contributed by atoms with E-state index in [1.54, 1.807) is 0 Å². The van der Waals surface area contributed by atoms with Gasteiger partial charge in [0.25, 0.3) is 12.3 Å². The van der Waals surface area contributed by atoms with E-state index in [1.165, 1.54) is 11.4 Å². The van der Waals surface area contributed by atoms with Gasteiger partial charge in [0, 0.05) is 6.26 Å². The van der Waals surface area contributed by atoms with Crippen LogP contribution in [0.25, 0.3) is 0 Å². The van der Waals surface area contributed by atoms with Crippen LogP contribution >= 0.6 is 11.3 Å². The van der Waals surface area contributed by atoms with E-state index < -0.39 is 27.7 Å². The Kier molecular flexibility index (Phi) is 4.12. The first-order chi connectivity index (χ1) is 9.22. The zero-order valence-corrected chi connectivity index (χ0v) is 12.2. The molecule has 112 valence electrons. The number of thiophene rings is 1. The predicted octanol–water partition coefficient (Wildman–Crippen LogP) is 1.23. The van der Waals surface area contributed by atoms with E-state index in [1.807, 2.05) is 0 Å². The Bertz CT molecular complexity index is 608. The van der Waals surface area contributed by atoms with Gasteiger partial charge in [0.1, 0.15) is 15.4 Å². The monoisotopic (exact) mass is 325 g/mol. The van der Waals surface area contributed by atoms with E-state index in [-0.39, 0.29) is 29.4 Å². The van der Waals surface area contributed by atoms with Crippen LogP contribution in [-0.4, -0.2) is 45.1 Å². The smallest absolute Gasteiger partial charge is 0.273 e.